The summed E-state index contributed by atoms with van der Waals surface area (Å²) >= 11 is 1.25. The number of esters is 1. The third-order valence-corrected chi connectivity index (χ3v) is 4.70. The minimum absolute atomic E-state index is 0.0557. The second kappa shape index (κ2) is 7.57. The van der Waals surface area contributed by atoms with Gasteiger partial charge in [0.25, 0.3) is 5.56 Å². The van der Waals surface area contributed by atoms with Crippen molar-refractivity contribution in [1.82, 2.24) is 14.6 Å². The van der Waals surface area contributed by atoms with Gasteiger partial charge in [0.15, 0.2) is 5.01 Å². The highest BCUT2D eigenvalue weighted by molar-refractivity contribution is 7.16. The van der Waals surface area contributed by atoms with Gasteiger partial charge in [0.2, 0.25) is 4.96 Å². The quantitative estimate of drug-likeness (QED) is 0.634. The SMILES string of the molecule is CCc1ccc(CCC(=O)OCc2nn3c(=O)cc(C)nc3s2)cc1. The third-order valence-electron chi connectivity index (χ3n) is 3.82. The van der Waals surface area contributed by atoms with Crippen LogP contribution in [0.25, 0.3) is 4.96 Å². The van der Waals surface area contributed by atoms with Crippen LogP contribution in [0.4, 0.5) is 0 Å². The second-order valence-corrected chi connectivity index (χ2v) is 6.80. The van der Waals surface area contributed by atoms with Crippen molar-refractivity contribution in [2.45, 2.75) is 39.7 Å². The van der Waals surface area contributed by atoms with E-state index in [0.717, 1.165) is 12.0 Å². The van der Waals surface area contributed by atoms with Gasteiger partial charge in [-0.2, -0.15) is 9.61 Å². The van der Waals surface area contributed by atoms with Gasteiger partial charge < -0.3 is 4.74 Å². The van der Waals surface area contributed by atoms with Gasteiger partial charge in [-0.15, -0.1) is 0 Å². The van der Waals surface area contributed by atoms with Gasteiger partial charge in [0, 0.05) is 18.2 Å². The maximum absolute atomic E-state index is 11.9. The molecule has 0 bridgehead atoms. The van der Waals surface area contributed by atoms with Gasteiger partial charge in [-0.25, -0.2) is 4.98 Å². The lowest BCUT2D eigenvalue weighted by Gasteiger charge is -2.04. The number of fused-ring (bicyclic) bond motifs is 1. The van der Waals surface area contributed by atoms with Crippen LogP contribution < -0.4 is 5.56 Å². The van der Waals surface area contributed by atoms with Gasteiger partial charge >= 0.3 is 5.97 Å². The predicted molar refractivity (Wildman–Crippen MR) is 95.8 cm³/mol. The summed E-state index contributed by atoms with van der Waals surface area (Å²) in [6.07, 6.45) is 1.96. The topological polar surface area (TPSA) is 73.6 Å². The average molecular weight is 357 g/mol. The molecule has 0 saturated heterocycles. The number of rotatable bonds is 6. The summed E-state index contributed by atoms with van der Waals surface area (Å²) in [6, 6.07) is 9.66. The summed E-state index contributed by atoms with van der Waals surface area (Å²) in [4.78, 5) is 28.5. The Morgan fingerprint density at radius 3 is 2.68 bits per heavy atom. The number of ether oxygens (including phenoxy) is 1. The fourth-order valence-electron chi connectivity index (χ4n) is 2.42. The lowest BCUT2D eigenvalue weighted by molar-refractivity contribution is -0.144. The van der Waals surface area contributed by atoms with E-state index < -0.39 is 0 Å². The summed E-state index contributed by atoms with van der Waals surface area (Å²) in [5.74, 6) is -0.282. The largest absolute Gasteiger partial charge is 0.458 e. The van der Waals surface area contributed by atoms with E-state index in [9.17, 15) is 9.59 Å². The van der Waals surface area contributed by atoms with Crippen LogP contribution in [0.3, 0.4) is 0 Å². The Bertz CT molecular complexity index is 944. The van der Waals surface area contributed by atoms with Crippen LogP contribution in [0.5, 0.6) is 0 Å². The zero-order chi connectivity index (χ0) is 17.8. The Morgan fingerprint density at radius 1 is 1.24 bits per heavy atom. The van der Waals surface area contributed by atoms with E-state index in [-0.39, 0.29) is 18.1 Å². The molecule has 2 aromatic heterocycles. The van der Waals surface area contributed by atoms with Crippen molar-refractivity contribution in [1.29, 1.82) is 0 Å². The Hall–Kier alpha value is -2.54. The number of benzene rings is 1. The fraction of sp³-hybridized carbons (Fsp3) is 0.333. The molecular weight excluding hydrogens is 338 g/mol. The lowest BCUT2D eigenvalue weighted by atomic mass is 10.1. The van der Waals surface area contributed by atoms with Crippen LogP contribution in [-0.2, 0) is 29.0 Å². The Balaban J connectivity index is 1.55. The molecule has 0 amide bonds. The molecule has 6 nitrogen and oxygen atoms in total. The van der Waals surface area contributed by atoms with E-state index in [4.69, 9.17) is 4.74 Å². The molecule has 0 saturated carbocycles. The van der Waals surface area contributed by atoms with Crippen LogP contribution in [0, 0.1) is 6.92 Å². The molecule has 2 heterocycles. The van der Waals surface area contributed by atoms with Crippen LogP contribution >= 0.6 is 11.3 Å². The molecule has 7 heteroatoms. The summed E-state index contributed by atoms with van der Waals surface area (Å²) in [6.45, 7) is 3.92. The summed E-state index contributed by atoms with van der Waals surface area (Å²) in [5, 5.41) is 4.70. The fourth-order valence-corrected chi connectivity index (χ4v) is 3.28. The highest BCUT2D eigenvalue weighted by Crippen LogP contribution is 2.13. The van der Waals surface area contributed by atoms with Crippen molar-refractivity contribution in [3.8, 4) is 0 Å². The molecule has 0 spiro atoms. The van der Waals surface area contributed by atoms with Gasteiger partial charge in [0.1, 0.15) is 6.61 Å². The third kappa shape index (κ3) is 4.30. The minimum atomic E-state index is -0.282. The average Bonchev–Trinajstić information content (AvgIpc) is 3.02. The number of aryl methyl sites for hydroxylation is 3. The van der Waals surface area contributed by atoms with Crippen molar-refractivity contribution in [3.63, 3.8) is 0 Å². The monoisotopic (exact) mass is 357 g/mol. The molecule has 25 heavy (non-hydrogen) atoms. The molecule has 0 aliphatic heterocycles. The molecule has 3 rings (SSSR count). The van der Waals surface area contributed by atoms with Gasteiger partial charge in [-0.1, -0.05) is 42.5 Å². The van der Waals surface area contributed by atoms with E-state index in [1.807, 2.05) is 12.1 Å². The molecule has 0 aliphatic rings. The summed E-state index contributed by atoms with van der Waals surface area (Å²) in [5.41, 5.74) is 2.81. The molecule has 0 N–H and O–H groups in total. The molecular formula is C18H19N3O3S. The van der Waals surface area contributed by atoms with Crippen LogP contribution in [0.1, 0.15) is 35.2 Å². The molecule has 0 unspecified atom stereocenters. The van der Waals surface area contributed by atoms with Crippen LogP contribution in [0.15, 0.2) is 35.1 Å². The number of aromatic nitrogens is 3. The highest BCUT2D eigenvalue weighted by atomic mass is 32.1. The normalized spacial score (nSPS) is 11.0. The molecule has 130 valence electrons. The number of hydrogen-bond acceptors (Lipinski definition) is 6. The lowest BCUT2D eigenvalue weighted by Crippen LogP contribution is -2.14. The van der Waals surface area contributed by atoms with E-state index in [1.54, 1.807) is 6.92 Å². The number of hydrogen-bond donors (Lipinski definition) is 0. The first-order valence-corrected chi connectivity index (χ1v) is 8.96. The maximum Gasteiger partial charge on any atom is 0.306 e. The second-order valence-electron chi connectivity index (χ2n) is 5.76. The summed E-state index contributed by atoms with van der Waals surface area (Å²) in [7, 11) is 0. The van der Waals surface area contributed by atoms with E-state index in [2.05, 4.69) is 29.1 Å². The molecule has 0 radical (unpaired) electrons. The zero-order valence-corrected chi connectivity index (χ0v) is 15.0. The highest BCUT2D eigenvalue weighted by Gasteiger charge is 2.10. The van der Waals surface area contributed by atoms with Crippen LogP contribution in [0.2, 0.25) is 0 Å². The van der Waals surface area contributed by atoms with Crippen molar-refractivity contribution < 1.29 is 9.53 Å². The molecule has 0 atom stereocenters. The number of carbonyl (C=O) groups excluding carboxylic acids is 1. The first kappa shape index (κ1) is 17.3. The standard InChI is InChI=1S/C18H19N3O3S/c1-3-13-4-6-14(7-5-13)8-9-17(23)24-11-15-20-21-16(22)10-12(2)19-18(21)25-15/h4-7,10H,3,8-9,11H2,1-2H3. The maximum atomic E-state index is 11.9. The number of carbonyl (C=O) groups is 1. The first-order valence-electron chi connectivity index (χ1n) is 8.15. The Morgan fingerprint density at radius 2 is 1.96 bits per heavy atom. The van der Waals surface area contributed by atoms with E-state index in [0.29, 0.717) is 28.5 Å². The van der Waals surface area contributed by atoms with Crippen molar-refractivity contribution >= 4 is 22.3 Å². The smallest absolute Gasteiger partial charge is 0.306 e. The first-order chi connectivity index (χ1) is 12.0. The van der Waals surface area contributed by atoms with Crippen LogP contribution in [-0.4, -0.2) is 20.6 Å². The molecule has 1 aromatic carbocycles. The minimum Gasteiger partial charge on any atom is -0.458 e. The molecule has 0 aliphatic carbocycles. The van der Waals surface area contributed by atoms with Gasteiger partial charge in [-0.05, 0) is 30.9 Å². The van der Waals surface area contributed by atoms with E-state index in [1.165, 1.54) is 27.5 Å². The van der Waals surface area contributed by atoms with E-state index >= 15 is 0 Å². The van der Waals surface area contributed by atoms with Gasteiger partial charge in [0.05, 0.1) is 0 Å². The Kier molecular flexibility index (Phi) is 5.23. The number of nitrogens with zero attached hydrogens (tertiary/aromatic N) is 3. The van der Waals surface area contributed by atoms with Gasteiger partial charge in [-0.3, -0.25) is 9.59 Å². The summed E-state index contributed by atoms with van der Waals surface area (Å²) < 4.78 is 6.49. The zero-order valence-electron chi connectivity index (χ0n) is 14.2. The van der Waals surface area contributed by atoms with Crippen molar-refractivity contribution in [2.24, 2.45) is 0 Å². The van der Waals surface area contributed by atoms with Crippen molar-refractivity contribution in [2.75, 3.05) is 0 Å². The van der Waals surface area contributed by atoms with Crippen molar-refractivity contribution in [3.05, 3.63) is 62.5 Å². The predicted octanol–water partition coefficient (Wildman–Crippen LogP) is 2.70. The molecule has 0 fully saturated rings. The molecule has 3 aromatic rings. The Labute approximate surface area is 149 Å².